The molecule has 12 heavy (non-hydrogen) atoms. The molecule has 2 nitrogen and oxygen atoms in total. The summed E-state index contributed by atoms with van der Waals surface area (Å²) in [6.07, 6.45) is -0.639. The van der Waals surface area contributed by atoms with Crippen molar-refractivity contribution in [3.8, 4) is 0 Å². The molecule has 1 rings (SSSR count). The lowest BCUT2D eigenvalue weighted by molar-refractivity contribution is -0.00148. The molecule has 3 heteroatoms. The molecule has 0 radical (unpaired) electrons. The van der Waals surface area contributed by atoms with Crippen LogP contribution in [0.1, 0.15) is 23.5 Å². The van der Waals surface area contributed by atoms with Gasteiger partial charge in [0, 0.05) is 12.0 Å². The normalized spacial score (nSPS) is 16.0. The third-order valence-electron chi connectivity index (χ3n) is 2.03. The van der Waals surface area contributed by atoms with E-state index in [0.29, 0.717) is 0 Å². The van der Waals surface area contributed by atoms with E-state index in [2.05, 4.69) is 0 Å². The van der Waals surface area contributed by atoms with E-state index in [1.807, 2.05) is 25.3 Å². The Morgan fingerprint density at radius 1 is 1.58 bits per heavy atom. The zero-order valence-electron chi connectivity index (χ0n) is 7.57. The van der Waals surface area contributed by atoms with E-state index < -0.39 is 6.10 Å². The summed E-state index contributed by atoms with van der Waals surface area (Å²) < 4.78 is 5.05. The van der Waals surface area contributed by atoms with Crippen LogP contribution in [0.15, 0.2) is 11.4 Å². The van der Waals surface area contributed by atoms with Gasteiger partial charge in [0.15, 0.2) is 0 Å². The summed E-state index contributed by atoms with van der Waals surface area (Å²) in [5.41, 5.74) is 0.981. The van der Waals surface area contributed by atoms with Gasteiger partial charge in [-0.25, -0.2) is 0 Å². The van der Waals surface area contributed by atoms with Gasteiger partial charge in [-0.1, -0.05) is 0 Å². The summed E-state index contributed by atoms with van der Waals surface area (Å²) in [6.45, 7) is 3.87. The second kappa shape index (κ2) is 4.03. The predicted octanol–water partition coefficient (Wildman–Crippen LogP) is 2.12. The second-order valence-corrected chi connectivity index (χ2v) is 3.94. The quantitative estimate of drug-likeness (QED) is 0.783. The highest BCUT2D eigenvalue weighted by Gasteiger charge is 2.17. The topological polar surface area (TPSA) is 29.5 Å². The highest BCUT2D eigenvalue weighted by atomic mass is 32.1. The van der Waals surface area contributed by atoms with Crippen LogP contribution in [-0.4, -0.2) is 18.3 Å². The van der Waals surface area contributed by atoms with Crippen molar-refractivity contribution in [1.29, 1.82) is 0 Å². The number of hydrogen-bond donors (Lipinski definition) is 1. The fourth-order valence-corrected chi connectivity index (χ4v) is 1.83. The Kier molecular flexibility index (Phi) is 3.26. The van der Waals surface area contributed by atoms with Crippen LogP contribution >= 0.6 is 11.3 Å². The number of thiophene rings is 1. The highest BCUT2D eigenvalue weighted by molar-refractivity contribution is 7.10. The van der Waals surface area contributed by atoms with Gasteiger partial charge in [0.05, 0.1) is 6.10 Å². The Hall–Kier alpha value is -0.380. The van der Waals surface area contributed by atoms with Crippen LogP contribution in [0.3, 0.4) is 0 Å². The molecule has 0 aliphatic rings. The van der Waals surface area contributed by atoms with E-state index >= 15 is 0 Å². The summed E-state index contributed by atoms with van der Waals surface area (Å²) in [5, 5.41) is 11.7. The van der Waals surface area contributed by atoms with E-state index in [0.717, 1.165) is 10.4 Å². The number of aryl methyl sites for hydroxylation is 1. The third kappa shape index (κ3) is 1.86. The van der Waals surface area contributed by atoms with E-state index in [4.69, 9.17) is 4.74 Å². The van der Waals surface area contributed by atoms with E-state index in [9.17, 15) is 5.11 Å². The number of aliphatic hydroxyl groups is 1. The molecule has 0 spiro atoms. The molecule has 0 aliphatic carbocycles. The molecule has 1 heterocycles. The van der Waals surface area contributed by atoms with Crippen molar-refractivity contribution in [2.24, 2.45) is 0 Å². The van der Waals surface area contributed by atoms with Crippen LogP contribution in [0, 0.1) is 6.92 Å². The maximum Gasteiger partial charge on any atom is 0.106 e. The fraction of sp³-hybridized carbons (Fsp3) is 0.556. The van der Waals surface area contributed by atoms with Crippen LogP contribution in [0.2, 0.25) is 0 Å². The molecular formula is C9H14O2S. The van der Waals surface area contributed by atoms with E-state index in [1.54, 1.807) is 18.4 Å². The second-order valence-electron chi connectivity index (χ2n) is 2.82. The van der Waals surface area contributed by atoms with Gasteiger partial charge < -0.3 is 9.84 Å². The van der Waals surface area contributed by atoms with Crippen molar-refractivity contribution < 1.29 is 9.84 Å². The molecule has 0 amide bonds. The molecule has 1 aromatic heterocycles. The molecule has 68 valence electrons. The zero-order valence-corrected chi connectivity index (χ0v) is 8.39. The fourth-order valence-electron chi connectivity index (χ4n) is 1.08. The lowest BCUT2D eigenvalue weighted by Gasteiger charge is -2.16. The summed E-state index contributed by atoms with van der Waals surface area (Å²) in [7, 11) is 1.61. The van der Waals surface area contributed by atoms with Crippen molar-refractivity contribution >= 4 is 11.3 Å². The molecular weight excluding hydrogens is 172 g/mol. The summed E-state index contributed by atoms with van der Waals surface area (Å²) in [6, 6.07) is 1.94. The molecule has 2 unspecified atom stereocenters. The first-order valence-electron chi connectivity index (χ1n) is 3.91. The average molecular weight is 186 g/mol. The molecule has 0 aliphatic heterocycles. The molecule has 0 bridgehead atoms. The Bertz CT molecular complexity index is 244. The van der Waals surface area contributed by atoms with Gasteiger partial charge in [-0.2, -0.15) is 0 Å². The molecule has 1 N–H and O–H groups in total. The predicted molar refractivity (Wildman–Crippen MR) is 50.5 cm³/mol. The third-order valence-corrected chi connectivity index (χ3v) is 2.90. The number of rotatable bonds is 3. The van der Waals surface area contributed by atoms with Crippen LogP contribution in [0.4, 0.5) is 0 Å². The Labute approximate surface area is 76.8 Å². The summed E-state index contributed by atoms with van der Waals surface area (Å²) in [4.78, 5) is 1.16. The van der Waals surface area contributed by atoms with Gasteiger partial charge in [-0.05, 0) is 30.9 Å². The van der Waals surface area contributed by atoms with Gasteiger partial charge in [-0.15, -0.1) is 11.3 Å². The Balaban J connectivity index is 2.77. The lowest BCUT2D eigenvalue weighted by atomic mass is 10.1. The number of methoxy groups -OCH3 is 1. The Morgan fingerprint density at radius 3 is 2.67 bits per heavy atom. The van der Waals surface area contributed by atoms with Crippen molar-refractivity contribution in [2.45, 2.75) is 26.1 Å². The minimum atomic E-state index is -0.499. The minimum absolute atomic E-state index is 0.140. The monoisotopic (exact) mass is 186 g/mol. The van der Waals surface area contributed by atoms with Crippen LogP contribution in [-0.2, 0) is 4.74 Å². The molecule has 0 saturated carbocycles. The standard InChI is InChI=1S/C9H14O2S/c1-6(11-3)9(10)8-4-5-12-7(8)2/h4-6,9-10H,1-3H3. The maximum absolute atomic E-state index is 9.74. The molecule has 0 saturated heterocycles. The largest absolute Gasteiger partial charge is 0.386 e. The molecule has 0 fully saturated rings. The number of aliphatic hydroxyl groups excluding tert-OH is 1. The van der Waals surface area contributed by atoms with Crippen molar-refractivity contribution in [2.75, 3.05) is 7.11 Å². The molecule has 1 aromatic rings. The van der Waals surface area contributed by atoms with Crippen molar-refractivity contribution in [3.05, 3.63) is 21.9 Å². The van der Waals surface area contributed by atoms with E-state index in [1.165, 1.54) is 0 Å². The van der Waals surface area contributed by atoms with Crippen LogP contribution < -0.4 is 0 Å². The average Bonchev–Trinajstić information content (AvgIpc) is 2.48. The first kappa shape index (κ1) is 9.71. The SMILES string of the molecule is COC(C)C(O)c1ccsc1C. The first-order valence-corrected chi connectivity index (χ1v) is 4.79. The molecule has 0 aromatic carbocycles. The summed E-state index contributed by atoms with van der Waals surface area (Å²) in [5.74, 6) is 0. The smallest absolute Gasteiger partial charge is 0.106 e. The number of hydrogen-bond acceptors (Lipinski definition) is 3. The van der Waals surface area contributed by atoms with Crippen LogP contribution in [0.25, 0.3) is 0 Å². The van der Waals surface area contributed by atoms with Gasteiger partial charge in [0.25, 0.3) is 0 Å². The zero-order chi connectivity index (χ0) is 9.14. The van der Waals surface area contributed by atoms with Gasteiger partial charge in [0.1, 0.15) is 6.10 Å². The van der Waals surface area contributed by atoms with E-state index in [-0.39, 0.29) is 6.10 Å². The van der Waals surface area contributed by atoms with Gasteiger partial charge >= 0.3 is 0 Å². The maximum atomic E-state index is 9.74. The van der Waals surface area contributed by atoms with Crippen molar-refractivity contribution in [1.82, 2.24) is 0 Å². The highest BCUT2D eigenvalue weighted by Crippen LogP contribution is 2.25. The Morgan fingerprint density at radius 2 is 2.25 bits per heavy atom. The lowest BCUT2D eigenvalue weighted by Crippen LogP contribution is -2.16. The van der Waals surface area contributed by atoms with Crippen molar-refractivity contribution in [3.63, 3.8) is 0 Å². The van der Waals surface area contributed by atoms with Gasteiger partial charge in [0.2, 0.25) is 0 Å². The van der Waals surface area contributed by atoms with Gasteiger partial charge in [-0.3, -0.25) is 0 Å². The minimum Gasteiger partial charge on any atom is -0.386 e. The summed E-state index contributed by atoms with van der Waals surface area (Å²) >= 11 is 1.65. The first-order chi connectivity index (χ1) is 5.66. The van der Waals surface area contributed by atoms with Crippen LogP contribution in [0.5, 0.6) is 0 Å². The molecule has 2 atom stereocenters. The number of ether oxygens (including phenoxy) is 1.